The van der Waals surface area contributed by atoms with Crippen LogP contribution in [0.3, 0.4) is 0 Å². The minimum Gasteiger partial charge on any atom is -0.211 e. The van der Waals surface area contributed by atoms with E-state index in [9.17, 15) is 9.59 Å². The lowest BCUT2D eigenvalue weighted by atomic mass is 10.2. The van der Waals surface area contributed by atoms with Gasteiger partial charge in [0.2, 0.25) is 12.2 Å². The average molecular weight is 411 g/mol. The third kappa shape index (κ3) is 3.47. The SMILES string of the molecule is O=C=Nc1ccc(C(Br)(Br)Br)c(N=C=O)c1. The van der Waals surface area contributed by atoms with Crippen LogP contribution in [-0.2, 0) is 11.7 Å². The highest BCUT2D eigenvalue weighted by molar-refractivity contribution is 9.38. The Balaban J connectivity index is 3.41. The normalized spacial score (nSPS) is 10.2. The molecule has 0 aliphatic rings. The predicted molar refractivity (Wildman–Crippen MR) is 70.5 cm³/mol. The number of hydrogen-bond acceptors (Lipinski definition) is 4. The van der Waals surface area contributed by atoms with Crippen LogP contribution < -0.4 is 0 Å². The van der Waals surface area contributed by atoms with Crippen LogP contribution in [-0.4, -0.2) is 12.2 Å². The summed E-state index contributed by atoms with van der Waals surface area (Å²) in [6, 6.07) is 4.73. The first kappa shape index (κ1) is 13.5. The molecular weight excluding hydrogens is 408 g/mol. The summed E-state index contributed by atoms with van der Waals surface area (Å²) in [6.45, 7) is 0. The number of isocyanates is 2. The van der Waals surface area contributed by atoms with Crippen LogP contribution in [0.5, 0.6) is 0 Å². The lowest BCUT2D eigenvalue weighted by molar-refractivity contribution is 0.565. The molecule has 7 heteroatoms. The number of carbonyl (C=O) groups excluding carboxylic acids is 2. The van der Waals surface area contributed by atoms with Gasteiger partial charge >= 0.3 is 0 Å². The molecule has 0 saturated carbocycles. The number of halogens is 3. The zero-order valence-electron chi connectivity index (χ0n) is 7.58. The Hall–Kier alpha value is -0.580. The molecule has 1 rings (SSSR count). The minimum atomic E-state index is -0.702. The van der Waals surface area contributed by atoms with Crippen molar-refractivity contribution in [2.24, 2.45) is 9.98 Å². The highest BCUT2D eigenvalue weighted by Gasteiger charge is 2.24. The van der Waals surface area contributed by atoms with E-state index in [4.69, 9.17) is 0 Å². The molecule has 0 fully saturated rings. The molecule has 0 spiro atoms. The van der Waals surface area contributed by atoms with Gasteiger partial charge in [0.05, 0.1) is 11.4 Å². The fourth-order valence-corrected chi connectivity index (χ4v) is 2.03. The predicted octanol–water partition coefficient (Wildman–Crippen LogP) is 3.92. The smallest absolute Gasteiger partial charge is 0.211 e. The van der Waals surface area contributed by atoms with E-state index in [2.05, 4.69) is 57.8 Å². The lowest BCUT2D eigenvalue weighted by Gasteiger charge is -2.14. The van der Waals surface area contributed by atoms with Crippen LogP contribution in [0.1, 0.15) is 5.56 Å². The Labute approximate surface area is 116 Å². The van der Waals surface area contributed by atoms with Gasteiger partial charge in [-0.1, -0.05) is 53.9 Å². The molecule has 1 aromatic rings. The van der Waals surface area contributed by atoms with E-state index in [-0.39, 0.29) is 0 Å². The van der Waals surface area contributed by atoms with Crippen molar-refractivity contribution in [1.82, 2.24) is 0 Å². The van der Waals surface area contributed by atoms with E-state index in [0.717, 1.165) is 0 Å². The maximum absolute atomic E-state index is 10.3. The summed E-state index contributed by atoms with van der Waals surface area (Å²) >= 11 is 9.92. The van der Waals surface area contributed by atoms with Crippen LogP contribution in [0.2, 0.25) is 0 Å². The van der Waals surface area contributed by atoms with Gasteiger partial charge in [-0.3, -0.25) is 0 Å². The molecule has 0 unspecified atom stereocenters. The second kappa shape index (κ2) is 5.66. The van der Waals surface area contributed by atoms with E-state index in [1.807, 2.05) is 0 Å². The Bertz CT molecular complexity index is 498. The zero-order valence-corrected chi connectivity index (χ0v) is 12.3. The van der Waals surface area contributed by atoms with Crippen molar-refractivity contribution in [3.8, 4) is 0 Å². The molecule has 0 aliphatic heterocycles. The van der Waals surface area contributed by atoms with Gasteiger partial charge in [-0.15, -0.1) is 0 Å². The quantitative estimate of drug-likeness (QED) is 0.421. The molecule has 0 bridgehead atoms. The summed E-state index contributed by atoms with van der Waals surface area (Å²) < 4.78 is -0.702. The molecule has 0 saturated heterocycles. The first-order valence-electron chi connectivity index (χ1n) is 3.86. The van der Waals surface area contributed by atoms with Gasteiger partial charge in [0.1, 0.15) is 0 Å². The van der Waals surface area contributed by atoms with Crippen molar-refractivity contribution in [3.63, 3.8) is 0 Å². The topological polar surface area (TPSA) is 58.9 Å². The Morgan fingerprint density at radius 2 is 1.69 bits per heavy atom. The van der Waals surface area contributed by atoms with Crippen molar-refractivity contribution in [3.05, 3.63) is 23.8 Å². The van der Waals surface area contributed by atoms with Gasteiger partial charge in [-0.2, -0.15) is 9.98 Å². The summed E-state index contributed by atoms with van der Waals surface area (Å²) in [7, 11) is 0. The van der Waals surface area contributed by atoms with Crippen molar-refractivity contribution < 1.29 is 9.59 Å². The number of rotatable bonds is 2. The van der Waals surface area contributed by atoms with Crippen LogP contribution in [0.25, 0.3) is 0 Å². The van der Waals surface area contributed by atoms with Crippen molar-refractivity contribution >= 4 is 71.3 Å². The first-order chi connectivity index (χ1) is 7.49. The van der Waals surface area contributed by atoms with E-state index in [1.54, 1.807) is 12.1 Å². The second-order valence-corrected chi connectivity index (χ2v) is 9.37. The van der Waals surface area contributed by atoms with E-state index in [1.165, 1.54) is 18.2 Å². The van der Waals surface area contributed by atoms with Gasteiger partial charge in [0, 0.05) is 5.56 Å². The van der Waals surface area contributed by atoms with Crippen LogP contribution >= 0.6 is 47.8 Å². The fourth-order valence-electron chi connectivity index (χ4n) is 1.02. The second-order valence-electron chi connectivity index (χ2n) is 2.61. The number of nitrogens with zero attached hydrogens (tertiary/aromatic N) is 2. The third-order valence-corrected chi connectivity index (χ3v) is 2.91. The number of benzene rings is 1. The summed E-state index contributed by atoms with van der Waals surface area (Å²) in [6.07, 6.45) is 2.85. The summed E-state index contributed by atoms with van der Waals surface area (Å²) in [5.74, 6) is 0. The summed E-state index contributed by atoms with van der Waals surface area (Å²) in [5.41, 5.74) is 1.36. The lowest BCUT2D eigenvalue weighted by Crippen LogP contribution is -1.97. The highest BCUT2D eigenvalue weighted by atomic mass is 80.0. The highest BCUT2D eigenvalue weighted by Crippen LogP contribution is 2.48. The summed E-state index contributed by atoms with van der Waals surface area (Å²) in [5, 5.41) is 0. The molecule has 82 valence electrons. The zero-order chi connectivity index (χ0) is 12.2. The molecule has 16 heavy (non-hydrogen) atoms. The van der Waals surface area contributed by atoms with Crippen LogP contribution in [0, 0.1) is 0 Å². The molecule has 0 radical (unpaired) electrons. The maximum Gasteiger partial charge on any atom is 0.240 e. The molecule has 1 aromatic carbocycles. The Morgan fingerprint density at radius 3 is 2.19 bits per heavy atom. The number of hydrogen-bond donors (Lipinski definition) is 0. The van der Waals surface area contributed by atoms with Gasteiger partial charge in [0.25, 0.3) is 0 Å². The van der Waals surface area contributed by atoms with Gasteiger partial charge in [-0.05, 0) is 12.1 Å². The third-order valence-electron chi connectivity index (χ3n) is 1.63. The molecular formula is C9H3Br3N2O2. The molecule has 4 nitrogen and oxygen atoms in total. The minimum absolute atomic E-state index is 0.345. The number of alkyl halides is 3. The van der Waals surface area contributed by atoms with Crippen molar-refractivity contribution in [2.75, 3.05) is 0 Å². The summed E-state index contributed by atoms with van der Waals surface area (Å²) in [4.78, 5) is 27.3. The Morgan fingerprint density at radius 1 is 1.06 bits per heavy atom. The molecule has 0 atom stereocenters. The maximum atomic E-state index is 10.3. The molecule has 0 N–H and O–H groups in total. The van der Waals surface area contributed by atoms with E-state index >= 15 is 0 Å². The Kier molecular flexibility index (Phi) is 4.77. The monoisotopic (exact) mass is 408 g/mol. The average Bonchev–Trinajstić information content (AvgIpc) is 2.17. The van der Waals surface area contributed by atoms with Crippen molar-refractivity contribution in [2.45, 2.75) is 2.14 Å². The van der Waals surface area contributed by atoms with Gasteiger partial charge in [0.15, 0.2) is 2.14 Å². The fraction of sp³-hybridized carbons (Fsp3) is 0.111. The number of aliphatic imine (C=N–C) groups is 2. The van der Waals surface area contributed by atoms with Gasteiger partial charge < -0.3 is 0 Å². The van der Waals surface area contributed by atoms with Crippen LogP contribution in [0.15, 0.2) is 28.2 Å². The van der Waals surface area contributed by atoms with E-state index < -0.39 is 2.14 Å². The van der Waals surface area contributed by atoms with Crippen LogP contribution in [0.4, 0.5) is 11.4 Å². The first-order valence-corrected chi connectivity index (χ1v) is 6.24. The van der Waals surface area contributed by atoms with E-state index in [0.29, 0.717) is 16.9 Å². The van der Waals surface area contributed by atoms with Crippen molar-refractivity contribution in [1.29, 1.82) is 0 Å². The largest absolute Gasteiger partial charge is 0.240 e. The molecule has 0 aromatic heterocycles. The molecule has 0 heterocycles. The van der Waals surface area contributed by atoms with Gasteiger partial charge in [-0.25, -0.2) is 9.59 Å². The molecule has 0 aliphatic carbocycles. The molecule has 0 amide bonds. The standard InChI is InChI=1S/C9H3Br3N2O2/c10-9(11,12)7-2-1-6(13-4-15)3-8(7)14-5-16/h1-3H.